The fourth-order valence-electron chi connectivity index (χ4n) is 3.97. The van der Waals surface area contributed by atoms with Crippen LogP contribution in [0.1, 0.15) is 25.0 Å². The van der Waals surface area contributed by atoms with E-state index >= 15 is 0 Å². The number of rotatable bonds is 7. The molecule has 3 atom stereocenters. The van der Waals surface area contributed by atoms with Gasteiger partial charge >= 0.3 is 0 Å². The van der Waals surface area contributed by atoms with Crippen LogP contribution in [-0.2, 0) is 24.8 Å². The second-order valence-electron chi connectivity index (χ2n) is 9.23. The van der Waals surface area contributed by atoms with Gasteiger partial charge < -0.3 is 14.6 Å². The molecule has 0 aromatic heterocycles. The Kier molecular flexibility index (Phi) is 9.39. The number of ether oxygens (including phenoxy) is 2. The smallest absolute Gasteiger partial charge is 0.247 e. The molecule has 0 aliphatic carbocycles. The van der Waals surface area contributed by atoms with Gasteiger partial charge in [0.15, 0.2) is 0 Å². The Morgan fingerprint density at radius 1 is 1.24 bits per heavy atom. The third-order valence-electron chi connectivity index (χ3n) is 6.28. The predicted molar refractivity (Wildman–Crippen MR) is 140 cm³/mol. The molecule has 37 heavy (non-hydrogen) atoms. The Morgan fingerprint density at radius 2 is 1.92 bits per heavy atom. The van der Waals surface area contributed by atoms with Gasteiger partial charge in [0, 0.05) is 38.2 Å². The predicted octanol–water partition coefficient (Wildman–Crippen LogP) is 2.08. The highest BCUT2D eigenvalue weighted by molar-refractivity contribution is 7.89. The van der Waals surface area contributed by atoms with Crippen molar-refractivity contribution in [3.8, 4) is 17.6 Å². The van der Waals surface area contributed by atoms with Gasteiger partial charge in [-0.1, -0.05) is 36.5 Å². The van der Waals surface area contributed by atoms with Gasteiger partial charge in [0.25, 0.3) is 0 Å². The lowest BCUT2D eigenvalue weighted by atomic mass is 10.0. The normalized spacial score (nSPS) is 20.6. The van der Waals surface area contributed by atoms with Crippen LogP contribution in [0.5, 0.6) is 5.75 Å². The summed E-state index contributed by atoms with van der Waals surface area (Å²) in [6.45, 7) is 5.17. The van der Waals surface area contributed by atoms with Gasteiger partial charge in [0.05, 0.1) is 18.0 Å². The van der Waals surface area contributed by atoms with Crippen LogP contribution in [0.15, 0.2) is 52.3 Å². The molecule has 0 spiro atoms. The van der Waals surface area contributed by atoms with Crippen molar-refractivity contribution in [1.82, 2.24) is 8.61 Å². The molecule has 9 nitrogen and oxygen atoms in total. The van der Waals surface area contributed by atoms with Gasteiger partial charge in [0.2, 0.25) is 20.0 Å². The molecule has 0 amide bonds. The first-order valence-corrected chi connectivity index (χ1v) is 14.7. The average molecular weight is 551 g/mol. The maximum Gasteiger partial charge on any atom is 0.247 e. The van der Waals surface area contributed by atoms with Crippen molar-refractivity contribution in [1.29, 1.82) is 0 Å². The topological polar surface area (TPSA) is 113 Å². The van der Waals surface area contributed by atoms with Crippen molar-refractivity contribution < 1.29 is 31.4 Å². The molecule has 202 valence electrons. The number of hydrogen-bond acceptors (Lipinski definition) is 7. The highest BCUT2D eigenvalue weighted by atomic mass is 32.2. The van der Waals surface area contributed by atoms with Crippen LogP contribution in [-0.4, -0.2) is 83.2 Å². The molecule has 2 aromatic carbocycles. The molecule has 1 heterocycles. The van der Waals surface area contributed by atoms with Crippen molar-refractivity contribution >= 4 is 20.0 Å². The number of aliphatic hydroxyl groups is 1. The standard InChI is InChI=1S/C26H34N2O7S2/c1-19-8-11-23(12-9-19)36(30,31)27(4)17-25-20(2)16-28(21(3)18-29)37(32,33)26-13-10-22(7-6-14-34-5)15-24(26)35-25/h8-13,15,20-21,25,29H,14,16-18H2,1-5H3/t20-,21-,25+/m1/s1. The van der Waals surface area contributed by atoms with Gasteiger partial charge in [-0.05, 0) is 44.2 Å². The SMILES string of the molecule is COCC#Cc1ccc2c(c1)O[C@@H](CN(C)S(=O)(=O)c1ccc(C)cc1)[C@H](C)CN([C@H](C)CO)S2(=O)=O. The Hall–Kier alpha value is -2.46. The van der Waals surface area contributed by atoms with Crippen molar-refractivity contribution in [2.75, 3.05) is 40.5 Å². The fraction of sp³-hybridized carbons (Fsp3) is 0.462. The second-order valence-corrected chi connectivity index (χ2v) is 13.1. The zero-order chi connectivity index (χ0) is 27.4. The highest BCUT2D eigenvalue weighted by Crippen LogP contribution is 2.34. The number of likely N-dealkylation sites (N-methyl/N-ethyl adjacent to an activating group) is 1. The minimum atomic E-state index is -4.01. The van der Waals surface area contributed by atoms with Crippen molar-refractivity contribution in [2.24, 2.45) is 5.92 Å². The van der Waals surface area contributed by atoms with Crippen LogP contribution in [0.4, 0.5) is 0 Å². The maximum absolute atomic E-state index is 13.6. The maximum atomic E-state index is 13.6. The highest BCUT2D eigenvalue weighted by Gasteiger charge is 2.39. The number of methoxy groups -OCH3 is 1. The Bertz CT molecular complexity index is 1360. The summed E-state index contributed by atoms with van der Waals surface area (Å²) in [4.78, 5) is 0.0966. The lowest BCUT2D eigenvalue weighted by Gasteiger charge is -2.37. The Balaban J connectivity index is 2.04. The monoisotopic (exact) mass is 550 g/mol. The minimum absolute atomic E-state index is 0.0161. The Labute approximate surface area is 220 Å². The fourth-order valence-corrected chi connectivity index (χ4v) is 6.98. The van der Waals surface area contributed by atoms with E-state index in [0.717, 1.165) is 5.56 Å². The molecule has 0 bridgehead atoms. The number of aryl methyl sites for hydroxylation is 1. The second kappa shape index (κ2) is 11.9. The number of sulfonamides is 2. The number of nitrogens with zero attached hydrogens (tertiary/aromatic N) is 2. The molecule has 0 saturated carbocycles. The molecule has 0 fully saturated rings. The summed E-state index contributed by atoms with van der Waals surface area (Å²) in [6, 6.07) is 10.4. The van der Waals surface area contributed by atoms with Crippen LogP contribution >= 0.6 is 0 Å². The Morgan fingerprint density at radius 3 is 2.54 bits per heavy atom. The average Bonchev–Trinajstić information content (AvgIpc) is 2.86. The lowest BCUT2D eigenvalue weighted by molar-refractivity contribution is 0.0904. The van der Waals surface area contributed by atoms with Crippen LogP contribution in [0.3, 0.4) is 0 Å². The summed E-state index contributed by atoms with van der Waals surface area (Å²) in [5.74, 6) is 5.41. The first-order valence-electron chi connectivity index (χ1n) is 11.9. The van der Waals surface area contributed by atoms with Crippen LogP contribution in [0, 0.1) is 24.7 Å². The number of aliphatic hydroxyl groups excluding tert-OH is 1. The third-order valence-corrected chi connectivity index (χ3v) is 10.1. The van der Waals surface area contributed by atoms with E-state index in [-0.39, 0.29) is 41.8 Å². The minimum Gasteiger partial charge on any atom is -0.487 e. The van der Waals surface area contributed by atoms with E-state index < -0.39 is 38.1 Å². The summed E-state index contributed by atoms with van der Waals surface area (Å²) in [5, 5.41) is 9.79. The van der Waals surface area contributed by atoms with E-state index in [4.69, 9.17) is 9.47 Å². The molecular formula is C26H34N2O7S2. The van der Waals surface area contributed by atoms with Gasteiger partial charge in [-0.15, -0.1) is 0 Å². The molecule has 1 aliphatic heterocycles. The summed E-state index contributed by atoms with van der Waals surface area (Å²) >= 11 is 0. The van der Waals surface area contributed by atoms with Gasteiger partial charge in [-0.25, -0.2) is 16.8 Å². The van der Waals surface area contributed by atoms with E-state index in [1.54, 1.807) is 44.2 Å². The van der Waals surface area contributed by atoms with Crippen molar-refractivity contribution in [3.05, 3.63) is 53.6 Å². The van der Waals surface area contributed by atoms with E-state index in [1.165, 1.54) is 34.9 Å². The van der Waals surface area contributed by atoms with Crippen molar-refractivity contribution in [3.63, 3.8) is 0 Å². The number of fused-ring (bicyclic) bond motifs is 1. The third kappa shape index (κ3) is 6.52. The van der Waals surface area contributed by atoms with E-state index in [9.17, 15) is 21.9 Å². The molecule has 3 rings (SSSR count). The van der Waals surface area contributed by atoms with Crippen molar-refractivity contribution in [2.45, 2.75) is 42.7 Å². The molecule has 0 radical (unpaired) electrons. The van der Waals surface area contributed by atoms with E-state index in [1.807, 2.05) is 6.92 Å². The van der Waals surface area contributed by atoms with Gasteiger partial charge in [-0.3, -0.25) is 0 Å². The van der Waals surface area contributed by atoms with Gasteiger partial charge in [-0.2, -0.15) is 8.61 Å². The zero-order valence-corrected chi connectivity index (χ0v) is 23.3. The first kappa shape index (κ1) is 29.1. The molecule has 1 N–H and O–H groups in total. The quantitative estimate of drug-likeness (QED) is 0.525. The summed E-state index contributed by atoms with van der Waals surface area (Å²) in [7, 11) is -4.83. The first-order chi connectivity index (χ1) is 17.4. The summed E-state index contributed by atoms with van der Waals surface area (Å²) in [5.41, 5.74) is 1.47. The number of benzene rings is 2. The van der Waals surface area contributed by atoms with E-state index in [0.29, 0.717) is 5.56 Å². The molecule has 1 aliphatic rings. The molecule has 2 aromatic rings. The van der Waals surface area contributed by atoms with E-state index in [2.05, 4.69) is 11.8 Å². The number of hydrogen-bond donors (Lipinski definition) is 1. The summed E-state index contributed by atoms with van der Waals surface area (Å²) < 4.78 is 67.3. The summed E-state index contributed by atoms with van der Waals surface area (Å²) in [6.07, 6.45) is -0.685. The van der Waals surface area contributed by atoms with Crippen LogP contribution < -0.4 is 4.74 Å². The van der Waals surface area contributed by atoms with Crippen LogP contribution in [0.2, 0.25) is 0 Å². The molecular weight excluding hydrogens is 516 g/mol. The largest absolute Gasteiger partial charge is 0.487 e. The molecule has 11 heteroatoms. The lowest BCUT2D eigenvalue weighted by Crippen LogP contribution is -2.50. The molecule has 0 saturated heterocycles. The molecule has 0 unspecified atom stereocenters. The van der Waals surface area contributed by atoms with Crippen LogP contribution in [0.25, 0.3) is 0 Å². The zero-order valence-electron chi connectivity index (χ0n) is 21.7. The van der Waals surface area contributed by atoms with Gasteiger partial charge in [0.1, 0.15) is 23.4 Å².